The summed E-state index contributed by atoms with van der Waals surface area (Å²) in [5.74, 6) is -3.77. The molecule has 0 bridgehead atoms. The van der Waals surface area contributed by atoms with Gasteiger partial charge in [-0.2, -0.15) is 0 Å². The molecule has 32 heavy (non-hydrogen) atoms. The van der Waals surface area contributed by atoms with E-state index in [4.69, 9.17) is 13.6 Å². The second-order valence-electron chi connectivity index (χ2n) is 7.30. The van der Waals surface area contributed by atoms with Crippen LogP contribution >= 0.6 is 0 Å². The number of hydrogen-bond acceptors (Lipinski definition) is 9. The van der Waals surface area contributed by atoms with Gasteiger partial charge in [0.25, 0.3) is 0 Å². The molecule has 2 aromatic heterocycles. The lowest BCUT2D eigenvalue weighted by Crippen LogP contribution is -2.05. The first-order valence-corrected chi connectivity index (χ1v) is 9.16. The van der Waals surface area contributed by atoms with Gasteiger partial charge in [0.1, 0.15) is 16.9 Å². The molecule has 0 radical (unpaired) electrons. The maximum atomic E-state index is 12.8. The van der Waals surface area contributed by atoms with Crippen LogP contribution in [-0.4, -0.2) is 30.6 Å². The summed E-state index contributed by atoms with van der Waals surface area (Å²) >= 11 is 0. The zero-order valence-corrected chi connectivity index (χ0v) is 15.7. The van der Waals surface area contributed by atoms with Crippen molar-refractivity contribution >= 4 is 32.7 Å². The highest BCUT2D eigenvalue weighted by Crippen LogP contribution is 2.54. The van der Waals surface area contributed by atoms with Gasteiger partial charge >= 0.3 is 17.0 Å². The Bertz CT molecular complexity index is 1710. The zero-order valence-electron chi connectivity index (χ0n) is 15.7. The quantitative estimate of drug-likeness (QED) is 0.126. The minimum absolute atomic E-state index is 0.0446. The van der Waals surface area contributed by atoms with E-state index < -0.39 is 34.4 Å². The van der Waals surface area contributed by atoms with Crippen molar-refractivity contribution in [3.63, 3.8) is 0 Å². The summed E-state index contributed by atoms with van der Waals surface area (Å²) < 4.78 is 17.1. The van der Waals surface area contributed by atoms with E-state index in [1.54, 1.807) is 0 Å². The second kappa shape index (κ2) is 5.64. The Labute approximate surface area is 175 Å². The van der Waals surface area contributed by atoms with Gasteiger partial charge in [0.15, 0.2) is 28.7 Å². The van der Waals surface area contributed by atoms with E-state index in [0.29, 0.717) is 5.39 Å². The van der Waals surface area contributed by atoms with Gasteiger partial charge < -0.3 is 39.8 Å². The number of hydrogen-bond donors (Lipinski definition) is 6. The fourth-order valence-electron chi connectivity index (χ4n) is 4.03. The molecule has 3 aromatic carbocycles. The van der Waals surface area contributed by atoms with Gasteiger partial charge in [-0.15, -0.1) is 0 Å². The van der Waals surface area contributed by atoms with Crippen molar-refractivity contribution in [2.24, 2.45) is 0 Å². The van der Waals surface area contributed by atoms with Crippen molar-refractivity contribution in [2.45, 2.75) is 0 Å². The van der Waals surface area contributed by atoms with Crippen LogP contribution in [0.15, 0.2) is 44.0 Å². The molecule has 10 nitrogen and oxygen atoms in total. The van der Waals surface area contributed by atoms with Crippen LogP contribution in [0.25, 0.3) is 44.0 Å². The average Bonchev–Trinajstić information content (AvgIpc) is 2.74. The topological polar surface area (TPSA) is 172 Å². The van der Waals surface area contributed by atoms with Gasteiger partial charge in [0.05, 0.1) is 22.4 Å². The van der Waals surface area contributed by atoms with E-state index in [-0.39, 0.29) is 55.9 Å². The predicted molar refractivity (Wildman–Crippen MR) is 110 cm³/mol. The Hall–Kier alpha value is -4.86. The second-order valence-corrected chi connectivity index (χ2v) is 7.30. The SMILES string of the molecule is O=c1oc2c(-c3cc(O)c(O)c(O)c3)[o+]c3cc(O)cc4c3c2c2c(c(O)c(O)cc12)O4. The number of phenolic OH excluding ortho intramolecular Hbond substituents is 6. The molecule has 5 aromatic rings. The first-order chi connectivity index (χ1) is 15.2. The van der Waals surface area contributed by atoms with E-state index in [9.17, 15) is 35.4 Å². The molecule has 3 heterocycles. The van der Waals surface area contributed by atoms with Crippen LogP contribution in [0.1, 0.15) is 0 Å². The number of phenols is 6. The first kappa shape index (κ1) is 18.0. The molecule has 0 atom stereocenters. The average molecular weight is 435 g/mol. The Kier molecular flexibility index (Phi) is 3.16. The van der Waals surface area contributed by atoms with E-state index >= 15 is 0 Å². The summed E-state index contributed by atoms with van der Waals surface area (Å²) in [5, 5.41) is 60.8. The van der Waals surface area contributed by atoms with Crippen LogP contribution < -0.4 is 10.4 Å². The maximum absolute atomic E-state index is 12.8. The Morgan fingerprint density at radius 3 is 2.16 bits per heavy atom. The Morgan fingerprint density at radius 2 is 1.44 bits per heavy atom. The highest BCUT2D eigenvalue weighted by atomic mass is 16.5. The van der Waals surface area contributed by atoms with Crippen LogP contribution in [0.3, 0.4) is 0 Å². The third-order valence-electron chi connectivity index (χ3n) is 5.39. The standard InChI is InChI=1S/C22H10O10/c23-7-3-12-15-13(4-7)31-20-14-8(5-11(26)18(20)28)22(29)32-21(16(14)15)19(30-12)6-1-9(24)17(27)10(25)2-6/h1-5H,(H5-,23,24,25,26,27,28,29)/p+1. The molecular formula is C22H11O10+. The van der Waals surface area contributed by atoms with Gasteiger partial charge in [0, 0.05) is 23.6 Å². The lowest BCUT2D eigenvalue weighted by molar-refractivity contribution is 0.368. The molecule has 0 aliphatic carbocycles. The molecular weight excluding hydrogens is 424 g/mol. The summed E-state index contributed by atoms with van der Waals surface area (Å²) in [4.78, 5) is 12.8. The summed E-state index contributed by atoms with van der Waals surface area (Å²) in [7, 11) is 0. The van der Waals surface area contributed by atoms with Crippen LogP contribution in [-0.2, 0) is 0 Å². The summed E-state index contributed by atoms with van der Waals surface area (Å²) in [5.41, 5.74) is -0.843. The molecule has 0 fully saturated rings. The van der Waals surface area contributed by atoms with Crippen molar-refractivity contribution in [3.8, 4) is 57.3 Å². The summed E-state index contributed by atoms with van der Waals surface area (Å²) in [6.45, 7) is 0. The molecule has 158 valence electrons. The molecule has 0 spiro atoms. The molecule has 0 amide bonds. The highest BCUT2D eigenvalue weighted by molar-refractivity contribution is 6.24. The summed E-state index contributed by atoms with van der Waals surface area (Å²) in [6.07, 6.45) is 0. The first-order valence-electron chi connectivity index (χ1n) is 9.16. The number of ether oxygens (including phenoxy) is 1. The number of rotatable bonds is 1. The lowest BCUT2D eigenvalue weighted by atomic mass is 9.97. The maximum Gasteiger partial charge on any atom is 0.403 e. The molecule has 0 saturated heterocycles. The Morgan fingerprint density at radius 1 is 0.750 bits per heavy atom. The molecule has 1 aliphatic heterocycles. The highest BCUT2D eigenvalue weighted by Gasteiger charge is 2.35. The van der Waals surface area contributed by atoms with Crippen LogP contribution in [0.2, 0.25) is 0 Å². The molecule has 6 rings (SSSR count). The van der Waals surface area contributed by atoms with Crippen molar-refractivity contribution in [1.29, 1.82) is 0 Å². The van der Waals surface area contributed by atoms with Gasteiger partial charge in [-0.05, 0) is 6.07 Å². The van der Waals surface area contributed by atoms with E-state index in [0.717, 1.165) is 18.2 Å². The minimum Gasteiger partial charge on any atom is -0.507 e. The third kappa shape index (κ3) is 2.12. The fraction of sp³-hybridized carbons (Fsp3) is 0. The minimum atomic E-state index is -0.877. The van der Waals surface area contributed by atoms with E-state index in [2.05, 4.69) is 0 Å². The zero-order chi connectivity index (χ0) is 22.5. The molecule has 6 N–H and O–H groups in total. The molecule has 1 aliphatic rings. The van der Waals surface area contributed by atoms with E-state index in [1.807, 2.05) is 0 Å². The molecule has 0 unspecified atom stereocenters. The van der Waals surface area contributed by atoms with Gasteiger partial charge in [-0.1, -0.05) is 0 Å². The third-order valence-corrected chi connectivity index (χ3v) is 5.39. The van der Waals surface area contributed by atoms with Crippen molar-refractivity contribution in [3.05, 3.63) is 40.8 Å². The monoisotopic (exact) mass is 435 g/mol. The number of aromatic hydroxyl groups is 6. The van der Waals surface area contributed by atoms with Crippen molar-refractivity contribution in [2.75, 3.05) is 0 Å². The van der Waals surface area contributed by atoms with Gasteiger partial charge in [-0.25, -0.2) is 9.21 Å². The smallest absolute Gasteiger partial charge is 0.403 e. The molecule has 0 saturated carbocycles. The largest absolute Gasteiger partial charge is 0.507 e. The number of benzene rings is 3. The van der Waals surface area contributed by atoms with Crippen molar-refractivity contribution < 1.29 is 44.2 Å². The molecule has 10 heteroatoms. The normalized spacial score (nSPS) is 12.2. The van der Waals surface area contributed by atoms with Crippen LogP contribution in [0.4, 0.5) is 0 Å². The lowest BCUT2D eigenvalue weighted by Gasteiger charge is -2.18. The summed E-state index contributed by atoms with van der Waals surface area (Å²) in [6, 6.07) is 5.77. The van der Waals surface area contributed by atoms with E-state index in [1.165, 1.54) is 12.1 Å². The fourth-order valence-corrected chi connectivity index (χ4v) is 4.03. The Balaban J connectivity index is 1.92. The van der Waals surface area contributed by atoms with Gasteiger partial charge in [-0.3, -0.25) is 0 Å². The van der Waals surface area contributed by atoms with Crippen molar-refractivity contribution in [1.82, 2.24) is 0 Å². The van der Waals surface area contributed by atoms with Crippen LogP contribution in [0.5, 0.6) is 46.0 Å². The predicted octanol–water partition coefficient (Wildman–Crippen LogP) is 3.98. The van der Waals surface area contributed by atoms with Gasteiger partial charge in [0.2, 0.25) is 11.3 Å². The van der Waals surface area contributed by atoms with Crippen LogP contribution in [0, 0.1) is 0 Å².